The molecule has 1 atom stereocenters. The highest BCUT2D eigenvalue weighted by atomic mass is 16.4. The van der Waals surface area contributed by atoms with Gasteiger partial charge in [-0.05, 0) is 23.6 Å². The number of carbonyl (C=O) groups excluding carboxylic acids is 2. The fourth-order valence-electron chi connectivity index (χ4n) is 2.95. The van der Waals surface area contributed by atoms with Crippen molar-refractivity contribution in [3.63, 3.8) is 0 Å². The number of rotatable bonds is 6. The van der Waals surface area contributed by atoms with E-state index in [0.29, 0.717) is 17.5 Å². The van der Waals surface area contributed by atoms with Gasteiger partial charge in [0.25, 0.3) is 0 Å². The lowest BCUT2D eigenvalue weighted by atomic mass is 9.95. The minimum atomic E-state index is -1.41. The van der Waals surface area contributed by atoms with E-state index in [0.717, 1.165) is 11.1 Å². The van der Waals surface area contributed by atoms with Gasteiger partial charge in [0.2, 0.25) is 0 Å². The quantitative estimate of drug-likeness (QED) is 0.667. The second kappa shape index (κ2) is 6.58. The zero-order valence-electron chi connectivity index (χ0n) is 12.8. The third-order valence-electron chi connectivity index (χ3n) is 4.05. The Labute approximate surface area is 138 Å². The van der Waals surface area contributed by atoms with E-state index < -0.39 is 24.3 Å². The Bertz CT molecular complexity index is 883. The summed E-state index contributed by atoms with van der Waals surface area (Å²) in [6.45, 7) is 0.562. The van der Waals surface area contributed by atoms with Crippen LogP contribution in [0.25, 0.3) is 10.9 Å². The highest BCUT2D eigenvalue weighted by Crippen LogP contribution is 2.30. The first kappa shape index (κ1) is 15.8. The summed E-state index contributed by atoms with van der Waals surface area (Å²) in [6, 6.07) is 17.1. The van der Waals surface area contributed by atoms with Crippen LogP contribution in [0.5, 0.6) is 0 Å². The summed E-state index contributed by atoms with van der Waals surface area (Å²) in [5.74, 6) is -4.07. The number of aromatic nitrogens is 1. The summed E-state index contributed by atoms with van der Waals surface area (Å²) in [5.41, 5.74) is 2.35. The molecule has 24 heavy (non-hydrogen) atoms. The van der Waals surface area contributed by atoms with Crippen LogP contribution in [0.4, 0.5) is 0 Å². The number of hydrogen-bond donors (Lipinski definition) is 0. The minimum Gasteiger partial charge on any atom is -0.550 e. The first-order valence-electron chi connectivity index (χ1n) is 7.58. The highest BCUT2D eigenvalue weighted by molar-refractivity contribution is 5.91. The van der Waals surface area contributed by atoms with E-state index in [1.165, 1.54) is 0 Å². The molecule has 2 aromatic carbocycles. The standard InChI is InChI=1S/C19H17NO4/c21-18(22)10-15(19(23)24)16-12-20(11-13-6-2-1-3-7-13)17-9-5-4-8-14(16)17/h1-9,12,15H,10-11H2,(H,21,22)(H,23,24)/p-2/t15-/m0/s1. The number of carbonyl (C=O) groups is 2. The molecule has 0 aliphatic heterocycles. The van der Waals surface area contributed by atoms with Crippen molar-refractivity contribution in [2.75, 3.05) is 0 Å². The number of benzene rings is 2. The maximum Gasteiger partial charge on any atom is 0.0493 e. The van der Waals surface area contributed by atoms with Crippen LogP contribution >= 0.6 is 0 Å². The molecule has 3 rings (SSSR count). The van der Waals surface area contributed by atoms with Gasteiger partial charge >= 0.3 is 0 Å². The van der Waals surface area contributed by atoms with E-state index in [2.05, 4.69) is 0 Å². The number of carboxylic acids is 2. The van der Waals surface area contributed by atoms with Crippen molar-refractivity contribution in [3.8, 4) is 0 Å². The lowest BCUT2D eigenvalue weighted by molar-refractivity contribution is -0.317. The van der Waals surface area contributed by atoms with Gasteiger partial charge in [-0.2, -0.15) is 0 Å². The molecule has 0 radical (unpaired) electrons. The maximum atomic E-state index is 11.4. The Morgan fingerprint density at radius 1 is 0.958 bits per heavy atom. The first-order valence-corrected chi connectivity index (χ1v) is 7.58. The largest absolute Gasteiger partial charge is 0.550 e. The fraction of sp³-hybridized carbons (Fsp3) is 0.158. The van der Waals surface area contributed by atoms with E-state index in [4.69, 9.17) is 0 Å². The van der Waals surface area contributed by atoms with E-state index in [-0.39, 0.29) is 0 Å². The van der Waals surface area contributed by atoms with Gasteiger partial charge in [-0.3, -0.25) is 0 Å². The number of para-hydroxylation sites is 1. The van der Waals surface area contributed by atoms with Gasteiger partial charge in [0.1, 0.15) is 0 Å². The molecule has 0 amide bonds. The van der Waals surface area contributed by atoms with E-state index in [1.807, 2.05) is 47.0 Å². The van der Waals surface area contributed by atoms with Gasteiger partial charge in [-0.15, -0.1) is 0 Å². The summed E-state index contributed by atoms with van der Waals surface area (Å²) in [6.07, 6.45) is 1.09. The molecular weight excluding hydrogens is 306 g/mol. The number of carboxylic acid groups (broad SMARTS) is 2. The maximum absolute atomic E-state index is 11.4. The molecule has 0 spiro atoms. The molecule has 0 unspecified atom stereocenters. The summed E-state index contributed by atoms with van der Waals surface area (Å²) >= 11 is 0. The lowest BCUT2D eigenvalue weighted by Crippen LogP contribution is -2.34. The van der Waals surface area contributed by atoms with Crippen LogP contribution in [0.1, 0.15) is 23.5 Å². The van der Waals surface area contributed by atoms with Crippen LogP contribution in [0, 0.1) is 0 Å². The van der Waals surface area contributed by atoms with Crippen molar-refractivity contribution in [2.45, 2.75) is 18.9 Å². The average Bonchev–Trinajstić information content (AvgIpc) is 2.92. The first-order chi connectivity index (χ1) is 11.6. The third kappa shape index (κ3) is 3.15. The van der Waals surface area contributed by atoms with Crippen LogP contribution in [-0.2, 0) is 16.1 Å². The number of aliphatic carboxylic acids is 2. The molecule has 3 aromatic rings. The van der Waals surface area contributed by atoms with Gasteiger partial charge < -0.3 is 24.4 Å². The van der Waals surface area contributed by atoms with Crippen molar-refractivity contribution >= 4 is 22.8 Å². The van der Waals surface area contributed by atoms with Crippen LogP contribution in [-0.4, -0.2) is 16.5 Å². The summed E-state index contributed by atoms with van der Waals surface area (Å²) in [5, 5.41) is 23.1. The van der Waals surface area contributed by atoms with Crippen LogP contribution in [0.15, 0.2) is 60.8 Å². The van der Waals surface area contributed by atoms with Crippen LogP contribution < -0.4 is 10.2 Å². The molecule has 1 heterocycles. The van der Waals surface area contributed by atoms with Gasteiger partial charge in [0.05, 0.1) is 0 Å². The average molecular weight is 321 g/mol. The summed E-state index contributed by atoms with van der Waals surface area (Å²) < 4.78 is 1.92. The van der Waals surface area contributed by atoms with Crippen molar-refractivity contribution in [3.05, 3.63) is 71.9 Å². The monoisotopic (exact) mass is 321 g/mol. The molecule has 122 valence electrons. The molecule has 0 saturated heterocycles. The number of hydrogen-bond acceptors (Lipinski definition) is 4. The van der Waals surface area contributed by atoms with E-state index >= 15 is 0 Å². The van der Waals surface area contributed by atoms with Crippen molar-refractivity contribution in [2.24, 2.45) is 0 Å². The van der Waals surface area contributed by atoms with Crippen LogP contribution in [0.3, 0.4) is 0 Å². The Balaban J connectivity index is 2.09. The highest BCUT2D eigenvalue weighted by Gasteiger charge is 2.19. The fourth-order valence-corrected chi connectivity index (χ4v) is 2.95. The molecule has 0 N–H and O–H groups in total. The topological polar surface area (TPSA) is 85.2 Å². The Morgan fingerprint density at radius 2 is 1.62 bits per heavy atom. The molecule has 0 aliphatic carbocycles. The summed E-state index contributed by atoms with van der Waals surface area (Å²) in [4.78, 5) is 22.3. The SMILES string of the molecule is O=C([O-])C[C@H](C(=O)[O-])c1cn(Cc2ccccc2)c2ccccc12. The minimum absolute atomic E-state index is 0.436. The molecule has 5 heteroatoms. The Hall–Kier alpha value is -3.08. The Morgan fingerprint density at radius 3 is 2.29 bits per heavy atom. The predicted molar refractivity (Wildman–Crippen MR) is 84.9 cm³/mol. The molecule has 0 saturated carbocycles. The zero-order chi connectivity index (χ0) is 17.1. The lowest BCUT2D eigenvalue weighted by Gasteiger charge is -2.18. The molecule has 0 aliphatic rings. The molecule has 0 bridgehead atoms. The zero-order valence-corrected chi connectivity index (χ0v) is 12.8. The third-order valence-corrected chi connectivity index (χ3v) is 4.05. The smallest absolute Gasteiger partial charge is 0.0493 e. The number of nitrogens with zero attached hydrogens (tertiary/aromatic N) is 1. The van der Waals surface area contributed by atoms with Gasteiger partial charge in [-0.1, -0.05) is 48.5 Å². The molecular formula is C19H15NO4-2. The van der Waals surface area contributed by atoms with Gasteiger partial charge in [0, 0.05) is 41.5 Å². The Kier molecular flexibility index (Phi) is 4.33. The molecule has 5 nitrogen and oxygen atoms in total. The van der Waals surface area contributed by atoms with Crippen molar-refractivity contribution in [1.29, 1.82) is 0 Å². The van der Waals surface area contributed by atoms with E-state index in [1.54, 1.807) is 18.3 Å². The summed E-state index contributed by atoms with van der Waals surface area (Å²) in [7, 11) is 0. The predicted octanol–water partition coefficient (Wildman–Crippen LogP) is 0.663. The number of fused-ring (bicyclic) bond motifs is 1. The molecule has 0 fully saturated rings. The van der Waals surface area contributed by atoms with Gasteiger partial charge in [0.15, 0.2) is 0 Å². The van der Waals surface area contributed by atoms with Crippen LogP contribution in [0.2, 0.25) is 0 Å². The second-order valence-electron chi connectivity index (χ2n) is 5.66. The van der Waals surface area contributed by atoms with Crippen molar-refractivity contribution < 1.29 is 19.8 Å². The van der Waals surface area contributed by atoms with Gasteiger partial charge in [-0.25, -0.2) is 0 Å². The normalized spacial score (nSPS) is 12.2. The second-order valence-corrected chi connectivity index (χ2v) is 5.66. The molecule has 1 aromatic heterocycles. The van der Waals surface area contributed by atoms with Crippen molar-refractivity contribution in [1.82, 2.24) is 4.57 Å². The van der Waals surface area contributed by atoms with E-state index in [9.17, 15) is 19.8 Å².